The molecule has 1 amide bonds. The van der Waals surface area contributed by atoms with Crippen LogP contribution in [0.25, 0.3) is 0 Å². The Morgan fingerprint density at radius 2 is 1.88 bits per heavy atom. The monoisotopic (exact) mass is 354 g/mol. The molecule has 1 N–H and O–H groups in total. The highest BCUT2D eigenvalue weighted by Gasteiger charge is 2.08. The molecular weight excluding hydrogens is 336 g/mol. The van der Waals surface area contributed by atoms with E-state index in [-0.39, 0.29) is 5.91 Å². The molecule has 6 heteroatoms. The molecule has 2 aromatic heterocycles. The summed E-state index contributed by atoms with van der Waals surface area (Å²) in [6.45, 7) is 2.39. The molecule has 128 valence electrons. The van der Waals surface area contributed by atoms with Crippen molar-refractivity contribution in [1.29, 1.82) is 0 Å². The van der Waals surface area contributed by atoms with E-state index in [1.807, 2.05) is 55.5 Å². The Morgan fingerprint density at radius 3 is 2.56 bits per heavy atom. The van der Waals surface area contributed by atoms with Crippen LogP contribution in [-0.2, 0) is 6.54 Å². The quantitative estimate of drug-likeness (QED) is 0.721. The first kappa shape index (κ1) is 17.0. The summed E-state index contributed by atoms with van der Waals surface area (Å²) in [6.07, 6.45) is 1.66. The molecule has 1 aromatic carbocycles. The van der Waals surface area contributed by atoms with Crippen molar-refractivity contribution in [3.05, 3.63) is 70.0 Å². The summed E-state index contributed by atoms with van der Waals surface area (Å²) in [5, 5.41) is 2.91. The summed E-state index contributed by atoms with van der Waals surface area (Å²) in [7, 11) is 1.62. The maximum atomic E-state index is 12.1. The third kappa shape index (κ3) is 4.58. The Hall–Kier alpha value is -2.86. The number of ether oxygens (including phenoxy) is 2. The van der Waals surface area contributed by atoms with Crippen molar-refractivity contribution in [3.63, 3.8) is 0 Å². The molecule has 5 nitrogen and oxygen atoms in total. The van der Waals surface area contributed by atoms with Gasteiger partial charge >= 0.3 is 0 Å². The van der Waals surface area contributed by atoms with Crippen LogP contribution in [0.3, 0.4) is 0 Å². The fourth-order valence-corrected chi connectivity index (χ4v) is 2.99. The van der Waals surface area contributed by atoms with E-state index in [9.17, 15) is 4.79 Å². The number of carbonyl (C=O) groups excluding carboxylic acids is 1. The Morgan fingerprint density at radius 1 is 1.12 bits per heavy atom. The standard InChI is InChI=1S/C19H18N2O3S/c1-13-3-8-17(25-13)19(22)21-12-14-9-10-20-18(11-14)24-16-6-4-15(23-2)5-7-16/h3-11H,12H2,1-2H3,(H,21,22). The van der Waals surface area contributed by atoms with Crippen LogP contribution in [0, 0.1) is 6.92 Å². The Balaban J connectivity index is 1.61. The van der Waals surface area contributed by atoms with E-state index in [4.69, 9.17) is 9.47 Å². The van der Waals surface area contributed by atoms with E-state index >= 15 is 0 Å². The lowest BCUT2D eigenvalue weighted by Crippen LogP contribution is -2.21. The van der Waals surface area contributed by atoms with Crippen LogP contribution in [0.15, 0.2) is 54.7 Å². The molecule has 3 rings (SSSR count). The third-order valence-corrected chi connectivity index (χ3v) is 4.50. The average Bonchev–Trinajstić information content (AvgIpc) is 3.07. The van der Waals surface area contributed by atoms with Gasteiger partial charge in [0.15, 0.2) is 0 Å². The number of hydrogen-bond donors (Lipinski definition) is 1. The highest BCUT2D eigenvalue weighted by Crippen LogP contribution is 2.23. The number of rotatable bonds is 6. The summed E-state index contributed by atoms with van der Waals surface area (Å²) in [5.74, 6) is 1.83. The molecule has 2 heterocycles. The molecule has 0 saturated heterocycles. The van der Waals surface area contributed by atoms with Crippen LogP contribution in [0.2, 0.25) is 0 Å². The van der Waals surface area contributed by atoms with Crippen molar-refractivity contribution < 1.29 is 14.3 Å². The Labute approximate surface area is 150 Å². The minimum absolute atomic E-state index is 0.0764. The van der Waals surface area contributed by atoms with Crippen LogP contribution in [0.5, 0.6) is 17.4 Å². The largest absolute Gasteiger partial charge is 0.497 e. The van der Waals surface area contributed by atoms with Crippen LogP contribution >= 0.6 is 11.3 Å². The van der Waals surface area contributed by atoms with Crippen molar-refractivity contribution in [2.75, 3.05) is 7.11 Å². The first-order chi connectivity index (χ1) is 12.1. The van der Waals surface area contributed by atoms with Crippen LogP contribution < -0.4 is 14.8 Å². The van der Waals surface area contributed by atoms with E-state index in [2.05, 4.69) is 10.3 Å². The van der Waals surface area contributed by atoms with Crippen molar-refractivity contribution in [2.45, 2.75) is 13.5 Å². The summed E-state index contributed by atoms with van der Waals surface area (Å²) >= 11 is 1.48. The zero-order valence-corrected chi connectivity index (χ0v) is 14.8. The van der Waals surface area contributed by atoms with Gasteiger partial charge < -0.3 is 14.8 Å². The van der Waals surface area contributed by atoms with Gasteiger partial charge in [-0.3, -0.25) is 4.79 Å². The molecule has 0 aliphatic heterocycles. The molecule has 0 aliphatic carbocycles. The van der Waals surface area contributed by atoms with E-state index in [1.165, 1.54) is 11.3 Å². The maximum absolute atomic E-state index is 12.1. The molecule has 0 spiro atoms. The van der Waals surface area contributed by atoms with Crippen molar-refractivity contribution in [1.82, 2.24) is 10.3 Å². The number of hydrogen-bond acceptors (Lipinski definition) is 5. The topological polar surface area (TPSA) is 60.5 Å². The zero-order chi connectivity index (χ0) is 17.6. The minimum Gasteiger partial charge on any atom is -0.497 e. The number of nitrogens with one attached hydrogen (secondary N) is 1. The Kier molecular flexibility index (Phi) is 5.30. The molecule has 0 radical (unpaired) electrons. The van der Waals surface area contributed by atoms with Gasteiger partial charge in [-0.05, 0) is 55.0 Å². The molecule has 0 saturated carbocycles. The first-order valence-electron chi connectivity index (χ1n) is 7.75. The normalized spacial score (nSPS) is 10.3. The number of benzene rings is 1. The van der Waals surface area contributed by atoms with Crippen molar-refractivity contribution in [2.24, 2.45) is 0 Å². The molecule has 0 fully saturated rings. The van der Waals surface area contributed by atoms with Gasteiger partial charge in [0.2, 0.25) is 5.88 Å². The first-order valence-corrected chi connectivity index (χ1v) is 8.57. The summed E-state index contributed by atoms with van der Waals surface area (Å²) in [5.41, 5.74) is 0.917. The zero-order valence-electron chi connectivity index (χ0n) is 14.0. The third-order valence-electron chi connectivity index (χ3n) is 3.50. The van der Waals surface area contributed by atoms with Gasteiger partial charge in [0, 0.05) is 23.7 Å². The molecule has 0 bridgehead atoms. The molecule has 0 atom stereocenters. The predicted molar refractivity (Wildman–Crippen MR) is 97.5 cm³/mol. The molecule has 25 heavy (non-hydrogen) atoms. The lowest BCUT2D eigenvalue weighted by Gasteiger charge is -2.08. The SMILES string of the molecule is COc1ccc(Oc2cc(CNC(=O)c3ccc(C)s3)ccn2)cc1. The number of nitrogens with zero attached hydrogens (tertiary/aromatic N) is 1. The number of methoxy groups -OCH3 is 1. The number of thiophene rings is 1. The smallest absolute Gasteiger partial charge is 0.261 e. The van der Waals surface area contributed by atoms with Crippen LogP contribution in [0.4, 0.5) is 0 Å². The lowest BCUT2D eigenvalue weighted by molar-refractivity contribution is 0.0955. The van der Waals surface area contributed by atoms with Crippen molar-refractivity contribution in [3.8, 4) is 17.4 Å². The van der Waals surface area contributed by atoms with Gasteiger partial charge in [0.25, 0.3) is 5.91 Å². The maximum Gasteiger partial charge on any atom is 0.261 e. The molecule has 0 aliphatic rings. The van der Waals surface area contributed by atoms with E-state index < -0.39 is 0 Å². The van der Waals surface area contributed by atoms with Gasteiger partial charge in [-0.1, -0.05) is 0 Å². The van der Waals surface area contributed by atoms with Crippen LogP contribution in [-0.4, -0.2) is 18.0 Å². The van der Waals surface area contributed by atoms with Crippen molar-refractivity contribution >= 4 is 17.2 Å². The fraction of sp³-hybridized carbons (Fsp3) is 0.158. The number of aromatic nitrogens is 1. The Bertz CT molecular complexity index is 859. The highest BCUT2D eigenvalue weighted by molar-refractivity contribution is 7.13. The number of aryl methyl sites for hydroxylation is 1. The number of pyridine rings is 1. The fourth-order valence-electron chi connectivity index (χ4n) is 2.21. The predicted octanol–water partition coefficient (Wildman–Crippen LogP) is 4.18. The van der Waals surface area contributed by atoms with Crippen LogP contribution in [0.1, 0.15) is 20.1 Å². The lowest BCUT2D eigenvalue weighted by atomic mass is 10.2. The highest BCUT2D eigenvalue weighted by atomic mass is 32.1. The second kappa shape index (κ2) is 7.81. The van der Waals surface area contributed by atoms with E-state index in [0.717, 1.165) is 16.2 Å². The minimum atomic E-state index is -0.0764. The second-order valence-electron chi connectivity index (χ2n) is 5.37. The second-order valence-corrected chi connectivity index (χ2v) is 6.66. The van der Waals surface area contributed by atoms with Gasteiger partial charge in [-0.15, -0.1) is 11.3 Å². The van der Waals surface area contributed by atoms with E-state index in [1.54, 1.807) is 13.3 Å². The number of amides is 1. The van der Waals surface area contributed by atoms with Gasteiger partial charge in [-0.25, -0.2) is 4.98 Å². The summed E-state index contributed by atoms with van der Waals surface area (Å²) in [4.78, 5) is 18.1. The van der Waals surface area contributed by atoms with E-state index in [0.29, 0.717) is 23.1 Å². The van der Waals surface area contributed by atoms with Gasteiger partial charge in [-0.2, -0.15) is 0 Å². The average molecular weight is 354 g/mol. The molecular formula is C19H18N2O3S. The van der Waals surface area contributed by atoms with Gasteiger partial charge in [0.05, 0.1) is 12.0 Å². The molecule has 0 unspecified atom stereocenters. The van der Waals surface area contributed by atoms with Gasteiger partial charge in [0.1, 0.15) is 11.5 Å². The number of carbonyl (C=O) groups is 1. The molecule has 3 aromatic rings. The summed E-state index contributed by atoms with van der Waals surface area (Å²) in [6, 6.07) is 14.7. The summed E-state index contributed by atoms with van der Waals surface area (Å²) < 4.78 is 10.9.